The van der Waals surface area contributed by atoms with Crippen LogP contribution in [0, 0.1) is 0 Å². The summed E-state index contributed by atoms with van der Waals surface area (Å²) in [5.74, 6) is 0.750. The fourth-order valence-corrected chi connectivity index (χ4v) is 1.61. The first-order chi connectivity index (χ1) is 5.79. The number of ether oxygens (including phenoxy) is 1. The van der Waals surface area contributed by atoms with Gasteiger partial charge in [0.05, 0.1) is 6.61 Å². The van der Waals surface area contributed by atoms with Gasteiger partial charge in [-0.15, -0.1) is 0 Å². The van der Waals surface area contributed by atoms with Gasteiger partial charge >= 0.3 is 0 Å². The SMILES string of the molecule is Oc1ccc2c(c1Cl)OCCC2. The van der Waals surface area contributed by atoms with Crippen LogP contribution >= 0.6 is 11.6 Å². The van der Waals surface area contributed by atoms with Crippen LogP contribution in [0.1, 0.15) is 12.0 Å². The number of hydrogen-bond acceptors (Lipinski definition) is 2. The summed E-state index contributed by atoms with van der Waals surface area (Å²) in [6.07, 6.45) is 2.00. The minimum atomic E-state index is 0.0947. The van der Waals surface area contributed by atoms with Crippen LogP contribution in [-0.2, 0) is 6.42 Å². The van der Waals surface area contributed by atoms with E-state index >= 15 is 0 Å². The zero-order valence-corrected chi connectivity index (χ0v) is 7.27. The topological polar surface area (TPSA) is 29.5 Å². The molecule has 1 N–H and O–H groups in total. The summed E-state index contributed by atoms with van der Waals surface area (Å²) >= 11 is 5.84. The number of phenols is 1. The first kappa shape index (κ1) is 7.74. The number of fused-ring (bicyclic) bond motifs is 1. The molecule has 12 heavy (non-hydrogen) atoms. The Kier molecular flexibility index (Phi) is 1.85. The second-order valence-electron chi connectivity index (χ2n) is 2.84. The molecule has 1 aliphatic rings. The van der Waals surface area contributed by atoms with Crippen molar-refractivity contribution in [2.45, 2.75) is 12.8 Å². The highest BCUT2D eigenvalue weighted by molar-refractivity contribution is 6.33. The second-order valence-corrected chi connectivity index (χ2v) is 3.22. The van der Waals surface area contributed by atoms with Crippen molar-refractivity contribution < 1.29 is 9.84 Å². The van der Waals surface area contributed by atoms with E-state index in [0.29, 0.717) is 17.4 Å². The molecule has 1 aromatic carbocycles. The first-order valence-electron chi connectivity index (χ1n) is 3.92. The van der Waals surface area contributed by atoms with Gasteiger partial charge in [-0.2, -0.15) is 0 Å². The van der Waals surface area contributed by atoms with Crippen LogP contribution in [-0.4, -0.2) is 11.7 Å². The Bertz CT molecular complexity index is 310. The van der Waals surface area contributed by atoms with Crippen molar-refractivity contribution >= 4 is 11.6 Å². The molecule has 2 nitrogen and oxygen atoms in total. The van der Waals surface area contributed by atoms with Crippen molar-refractivity contribution in [3.8, 4) is 11.5 Å². The highest BCUT2D eigenvalue weighted by atomic mass is 35.5. The lowest BCUT2D eigenvalue weighted by molar-refractivity contribution is 0.287. The number of phenolic OH excluding ortho intramolecular Hbond substituents is 1. The lowest BCUT2D eigenvalue weighted by atomic mass is 10.1. The molecule has 0 atom stereocenters. The average Bonchev–Trinajstić information content (AvgIpc) is 2.12. The van der Waals surface area contributed by atoms with Crippen LogP contribution in [0.5, 0.6) is 11.5 Å². The van der Waals surface area contributed by atoms with E-state index in [0.717, 1.165) is 18.4 Å². The molecule has 0 unspecified atom stereocenters. The minimum Gasteiger partial charge on any atom is -0.506 e. The van der Waals surface area contributed by atoms with Crippen molar-refractivity contribution in [3.63, 3.8) is 0 Å². The maximum atomic E-state index is 9.26. The molecule has 0 fully saturated rings. The summed E-state index contributed by atoms with van der Waals surface area (Å²) in [4.78, 5) is 0. The first-order valence-corrected chi connectivity index (χ1v) is 4.30. The third kappa shape index (κ3) is 1.12. The van der Waals surface area contributed by atoms with E-state index in [1.807, 2.05) is 6.07 Å². The van der Waals surface area contributed by atoms with Gasteiger partial charge in [-0.05, 0) is 24.5 Å². The Labute approximate surface area is 75.7 Å². The molecule has 0 spiro atoms. The van der Waals surface area contributed by atoms with Crippen molar-refractivity contribution in [2.24, 2.45) is 0 Å². The number of aromatic hydroxyl groups is 1. The molecule has 2 rings (SSSR count). The summed E-state index contributed by atoms with van der Waals surface area (Å²) in [6, 6.07) is 3.46. The van der Waals surface area contributed by atoms with Gasteiger partial charge in [0.15, 0.2) is 0 Å². The molecule has 1 aliphatic heterocycles. The summed E-state index contributed by atoms with van der Waals surface area (Å²) < 4.78 is 5.34. The lowest BCUT2D eigenvalue weighted by Crippen LogP contribution is -2.08. The standard InChI is InChI=1S/C9H9ClO2/c10-8-7(11)4-3-6-2-1-5-12-9(6)8/h3-4,11H,1-2,5H2. The molecule has 0 saturated heterocycles. The van der Waals surface area contributed by atoms with Crippen LogP contribution in [0.4, 0.5) is 0 Å². The third-order valence-corrected chi connectivity index (χ3v) is 2.36. The van der Waals surface area contributed by atoms with Gasteiger partial charge in [0.1, 0.15) is 16.5 Å². The molecule has 3 heteroatoms. The molecule has 1 aromatic rings. The number of hydrogen-bond donors (Lipinski definition) is 1. The van der Waals surface area contributed by atoms with Crippen LogP contribution in [0.3, 0.4) is 0 Å². The Morgan fingerprint density at radius 3 is 3.08 bits per heavy atom. The molecule has 0 saturated carbocycles. The Morgan fingerprint density at radius 2 is 2.25 bits per heavy atom. The Balaban J connectivity index is 2.54. The predicted molar refractivity (Wildman–Crippen MR) is 46.9 cm³/mol. The van der Waals surface area contributed by atoms with Crippen LogP contribution in [0.15, 0.2) is 12.1 Å². The maximum absolute atomic E-state index is 9.26. The predicted octanol–water partition coefficient (Wildman–Crippen LogP) is 2.37. The zero-order chi connectivity index (χ0) is 8.55. The molecule has 0 radical (unpaired) electrons. The zero-order valence-electron chi connectivity index (χ0n) is 6.51. The van der Waals surface area contributed by atoms with Gasteiger partial charge in [-0.1, -0.05) is 17.7 Å². The van der Waals surface area contributed by atoms with Gasteiger partial charge in [0.25, 0.3) is 0 Å². The highest BCUT2D eigenvalue weighted by Gasteiger charge is 2.15. The van der Waals surface area contributed by atoms with Gasteiger partial charge < -0.3 is 9.84 Å². The van der Waals surface area contributed by atoms with Crippen molar-refractivity contribution in [1.29, 1.82) is 0 Å². The van der Waals surface area contributed by atoms with E-state index in [1.54, 1.807) is 6.07 Å². The maximum Gasteiger partial charge on any atom is 0.144 e. The fourth-order valence-electron chi connectivity index (χ4n) is 1.38. The largest absolute Gasteiger partial charge is 0.506 e. The van der Waals surface area contributed by atoms with E-state index in [9.17, 15) is 5.11 Å². The number of benzene rings is 1. The molecular formula is C9H9ClO2. The normalized spacial score (nSPS) is 15.1. The van der Waals surface area contributed by atoms with Gasteiger partial charge in [-0.25, -0.2) is 0 Å². The molecular weight excluding hydrogens is 176 g/mol. The Morgan fingerprint density at radius 1 is 1.42 bits per heavy atom. The van der Waals surface area contributed by atoms with E-state index in [1.165, 1.54) is 0 Å². The monoisotopic (exact) mass is 184 g/mol. The molecule has 1 heterocycles. The van der Waals surface area contributed by atoms with Crippen LogP contribution in [0.2, 0.25) is 5.02 Å². The van der Waals surface area contributed by atoms with E-state index < -0.39 is 0 Å². The molecule has 0 amide bonds. The highest BCUT2D eigenvalue weighted by Crippen LogP contribution is 2.38. The van der Waals surface area contributed by atoms with Crippen LogP contribution in [0.25, 0.3) is 0 Å². The van der Waals surface area contributed by atoms with E-state index in [2.05, 4.69) is 0 Å². The molecule has 0 aliphatic carbocycles. The summed E-state index contributed by atoms with van der Waals surface area (Å²) in [5, 5.41) is 9.60. The van der Waals surface area contributed by atoms with E-state index in [-0.39, 0.29) is 5.75 Å². The van der Waals surface area contributed by atoms with E-state index in [4.69, 9.17) is 16.3 Å². The Hall–Kier alpha value is -0.890. The second kappa shape index (κ2) is 2.87. The number of halogens is 1. The van der Waals surface area contributed by atoms with Gasteiger partial charge in [-0.3, -0.25) is 0 Å². The third-order valence-electron chi connectivity index (χ3n) is 2.00. The lowest BCUT2D eigenvalue weighted by Gasteiger charge is -2.18. The summed E-state index contributed by atoms with van der Waals surface area (Å²) in [5.41, 5.74) is 1.09. The van der Waals surface area contributed by atoms with Crippen molar-refractivity contribution in [3.05, 3.63) is 22.7 Å². The summed E-state index contributed by atoms with van der Waals surface area (Å²) in [6.45, 7) is 0.691. The fraction of sp³-hybridized carbons (Fsp3) is 0.333. The quantitative estimate of drug-likeness (QED) is 0.671. The number of aryl methyl sites for hydroxylation is 1. The minimum absolute atomic E-state index is 0.0947. The van der Waals surface area contributed by atoms with Crippen molar-refractivity contribution in [1.82, 2.24) is 0 Å². The molecule has 0 aromatic heterocycles. The van der Waals surface area contributed by atoms with Gasteiger partial charge in [0, 0.05) is 0 Å². The number of rotatable bonds is 0. The van der Waals surface area contributed by atoms with Crippen LogP contribution < -0.4 is 4.74 Å². The molecule has 0 bridgehead atoms. The smallest absolute Gasteiger partial charge is 0.144 e. The average molecular weight is 185 g/mol. The van der Waals surface area contributed by atoms with Gasteiger partial charge in [0.2, 0.25) is 0 Å². The summed E-state index contributed by atoms with van der Waals surface area (Å²) in [7, 11) is 0. The molecule has 64 valence electrons. The van der Waals surface area contributed by atoms with Crippen molar-refractivity contribution in [2.75, 3.05) is 6.61 Å².